The first-order chi connectivity index (χ1) is 9.15. The average Bonchev–Trinajstić information content (AvgIpc) is 2.44. The predicted molar refractivity (Wildman–Crippen MR) is 75.5 cm³/mol. The van der Waals surface area contributed by atoms with Gasteiger partial charge in [-0.05, 0) is 36.2 Å². The summed E-state index contributed by atoms with van der Waals surface area (Å²) in [5.74, 6) is 6.94. The SMILES string of the molecule is COc1ccc(C(NN)c2cc(C)cnc2N)cc1. The number of ether oxygens (including phenoxy) is 1. The van der Waals surface area contributed by atoms with E-state index in [9.17, 15) is 0 Å². The minimum Gasteiger partial charge on any atom is -0.497 e. The maximum Gasteiger partial charge on any atom is 0.128 e. The summed E-state index contributed by atoms with van der Waals surface area (Å²) in [6, 6.07) is 9.46. The molecule has 0 amide bonds. The Morgan fingerprint density at radius 1 is 1.26 bits per heavy atom. The number of nitrogens with one attached hydrogen (secondary N) is 1. The van der Waals surface area contributed by atoms with Gasteiger partial charge in [0.2, 0.25) is 0 Å². The van der Waals surface area contributed by atoms with E-state index in [0.29, 0.717) is 5.82 Å². The standard InChI is InChI=1S/C14H18N4O/c1-9-7-12(14(15)17-8-9)13(18-16)10-3-5-11(19-2)6-4-10/h3-8,13,18H,16H2,1-2H3,(H2,15,17). The Labute approximate surface area is 112 Å². The molecule has 0 saturated carbocycles. The molecule has 1 unspecified atom stereocenters. The minimum absolute atomic E-state index is 0.196. The molecule has 5 nitrogen and oxygen atoms in total. The lowest BCUT2D eigenvalue weighted by Crippen LogP contribution is -2.29. The highest BCUT2D eigenvalue weighted by Gasteiger charge is 2.16. The van der Waals surface area contributed by atoms with Crippen LogP contribution < -0.4 is 21.7 Å². The lowest BCUT2D eigenvalue weighted by molar-refractivity contribution is 0.414. The summed E-state index contributed by atoms with van der Waals surface area (Å²) in [4.78, 5) is 4.16. The smallest absolute Gasteiger partial charge is 0.128 e. The number of aromatic nitrogens is 1. The summed E-state index contributed by atoms with van der Waals surface area (Å²) < 4.78 is 5.14. The number of aryl methyl sites for hydroxylation is 1. The molecule has 5 N–H and O–H groups in total. The average molecular weight is 258 g/mol. The largest absolute Gasteiger partial charge is 0.497 e. The molecule has 0 aliphatic rings. The van der Waals surface area contributed by atoms with E-state index in [1.165, 1.54) is 0 Å². The maximum absolute atomic E-state index is 5.93. The van der Waals surface area contributed by atoms with Crippen LogP contribution >= 0.6 is 0 Å². The normalized spacial score (nSPS) is 12.2. The molecule has 5 heteroatoms. The van der Waals surface area contributed by atoms with Gasteiger partial charge in [-0.25, -0.2) is 10.4 Å². The second kappa shape index (κ2) is 5.69. The molecular formula is C14H18N4O. The Bertz CT molecular complexity index is 554. The van der Waals surface area contributed by atoms with Crippen LogP contribution in [0.3, 0.4) is 0 Å². The summed E-state index contributed by atoms with van der Waals surface area (Å²) in [5, 5.41) is 0. The van der Waals surface area contributed by atoms with Crippen LogP contribution in [-0.2, 0) is 0 Å². The zero-order chi connectivity index (χ0) is 13.8. The molecule has 19 heavy (non-hydrogen) atoms. The van der Waals surface area contributed by atoms with E-state index in [2.05, 4.69) is 10.4 Å². The molecular weight excluding hydrogens is 240 g/mol. The summed E-state index contributed by atoms with van der Waals surface area (Å²) in [6.07, 6.45) is 1.74. The summed E-state index contributed by atoms with van der Waals surface area (Å²) in [7, 11) is 1.64. The minimum atomic E-state index is -0.196. The number of nitrogen functional groups attached to an aromatic ring is 1. The number of hydrazine groups is 1. The fraction of sp³-hybridized carbons (Fsp3) is 0.214. The van der Waals surface area contributed by atoms with Crippen LogP contribution in [0.1, 0.15) is 22.7 Å². The Balaban J connectivity index is 2.40. The van der Waals surface area contributed by atoms with Crippen molar-refractivity contribution >= 4 is 5.82 Å². The number of hydrogen-bond acceptors (Lipinski definition) is 5. The van der Waals surface area contributed by atoms with Crippen molar-refractivity contribution in [1.29, 1.82) is 0 Å². The van der Waals surface area contributed by atoms with Gasteiger partial charge in [0.05, 0.1) is 13.2 Å². The van der Waals surface area contributed by atoms with Crippen molar-refractivity contribution in [2.24, 2.45) is 5.84 Å². The first-order valence-electron chi connectivity index (χ1n) is 5.97. The van der Waals surface area contributed by atoms with Crippen molar-refractivity contribution < 1.29 is 4.74 Å². The van der Waals surface area contributed by atoms with Crippen LogP contribution in [0.25, 0.3) is 0 Å². The number of nitrogens with two attached hydrogens (primary N) is 2. The van der Waals surface area contributed by atoms with E-state index in [0.717, 1.165) is 22.4 Å². The van der Waals surface area contributed by atoms with E-state index < -0.39 is 0 Å². The predicted octanol–water partition coefficient (Wildman–Crippen LogP) is 1.53. The molecule has 0 fully saturated rings. The van der Waals surface area contributed by atoms with E-state index >= 15 is 0 Å². The van der Waals surface area contributed by atoms with Gasteiger partial charge in [0.1, 0.15) is 11.6 Å². The highest BCUT2D eigenvalue weighted by atomic mass is 16.5. The van der Waals surface area contributed by atoms with Gasteiger partial charge in [0.25, 0.3) is 0 Å². The van der Waals surface area contributed by atoms with Crippen LogP contribution in [0.2, 0.25) is 0 Å². The molecule has 1 aromatic heterocycles. The van der Waals surface area contributed by atoms with Crippen molar-refractivity contribution in [2.45, 2.75) is 13.0 Å². The lowest BCUT2D eigenvalue weighted by atomic mass is 9.99. The van der Waals surface area contributed by atoms with E-state index in [1.54, 1.807) is 13.3 Å². The molecule has 0 bridgehead atoms. The van der Waals surface area contributed by atoms with Gasteiger partial charge in [-0.2, -0.15) is 0 Å². The van der Waals surface area contributed by atoms with Crippen molar-refractivity contribution in [3.05, 3.63) is 53.2 Å². The van der Waals surface area contributed by atoms with Gasteiger partial charge in [-0.15, -0.1) is 0 Å². The van der Waals surface area contributed by atoms with Crippen LogP contribution in [0.15, 0.2) is 36.5 Å². The van der Waals surface area contributed by atoms with Crippen molar-refractivity contribution in [2.75, 3.05) is 12.8 Å². The Morgan fingerprint density at radius 3 is 2.53 bits per heavy atom. The molecule has 0 aliphatic carbocycles. The third-order valence-electron chi connectivity index (χ3n) is 3.01. The molecule has 1 aromatic carbocycles. The summed E-state index contributed by atoms with van der Waals surface area (Å²) >= 11 is 0. The van der Waals surface area contributed by atoms with Gasteiger partial charge in [-0.1, -0.05) is 12.1 Å². The number of methoxy groups -OCH3 is 1. The van der Waals surface area contributed by atoms with Gasteiger partial charge in [-0.3, -0.25) is 5.84 Å². The van der Waals surface area contributed by atoms with Crippen LogP contribution in [-0.4, -0.2) is 12.1 Å². The van der Waals surface area contributed by atoms with Crippen molar-refractivity contribution in [3.8, 4) is 5.75 Å². The summed E-state index contributed by atoms with van der Waals surface area (Å²) in [6.45, 7) is 1.97. The maximum atomic E-state index is 5.93. The number of hydrogen-bond donors (Lipinski definition) is 3. The molecule has 0 aliphatic heterocycles. The zero-order valence-corrected chi connectivity index (χ0v) is 11.1. The Hall–Kier alpha value is -2.11. The number of rotatable bonds is 4. The molecule has 100 valence electrons. The molecule has 0 saturated heterocycles. The van der Waals surface area contributed by atoms with Crippen LogP contribution in [0.5, 0.6) is 5.75 Å². The Morgan fingerprint density at radius 2 is 1.95 bits per heavy atom. The van der Waals surface area contributed by atoms with E-state index in [1.807, 2.05) is 37.3 Å². The van der Waals surface area contributed by atoms with E-state index in [-0.39, 0.29) is 6.04 Å². The highest BCUT2D eigenvalue weighted by Crippen LogP contribution is 2.26. The summed E-state index contributed by atoms with van der Waals surface area (Å²) in [5.41, 5.74) is 11.6. The van der Waals surface area contributed by atoms with Crippen molar-refractivity contribution in [1.82, 2.24) is 10.4 Å². The van der Waals surface area contributed by atoms with E-state index in [4.69, 9.17) is 16.3 Å². The quantitative estimate of drug-likeness (QED) is 0.572. The molecule has 0 spiro atoms. The van der Waals surface area contributed by atoms with Crippen LogP contribution in [0, 0.1) is 6.92 Å². The van der Waals surface area contributed by atoms with Gasteiger partial charge in [0.15, 0.2) is 0 Å². The first-order valence-corrected chi connectivity index (χ1v) is 5.97. The Kier molecular flexibility index (Phi) is 3.99. The monoisotopic (exact) mass is 258 g/mol. The van der Waals surface area contributed by atoms with Gasteiger partial charge < -0.3 is 10.5 Å². The van der Waals surface area contributed by atoms with Crippen LogP contribution in [0.4, 0.5) is 5.82 Å². The molecule has 2 aromatic rings. The highest BCUT2D eigenvalue weighted by molar-refractivity contribution is 5.47. The molecule has 1 heterocycles. The molecule has 2 rings (SSSR count). The fourth-order valence-electron chi connectivity index (χ4n) is 2.00. The van der Waals surface area contributed by atoms with Gasteiger partial charge in [0, 0.05) is 11.8 Å². The topological polar surface area (TPSA) is 86.2 Å². The van der Waals surface area contributed by atoms with Gasteiger partial charge >= 0.3 is 0 Å². The number of anilines is 1. The first kappa shape index (κ1) is 13.3. The molecule has 1 atom stereocenters. The second-order valence-electron chi connectivity index (χ2n) is 4.36. The second-order valence-corrected chi connectivity index (χ2v) is 4.36. The number of benzene rings is 1. The third kappa shape index (κ3) is 2.83. The lowest BCUT2D eigenvalue weighted by Gasteiger charge is -2.19. The number of nitrogens with zero attached hydrogens (tertiary/aromatic N) is 1. The fourth-order valence-corrected chi connectivity index (χ4v) is 2.00. The number of pyridine rings is 1. The van der Waals surface area contributed by atoms with Crippen molar-refractivity contribution in [3.63, 3.8) is 0 Å². The molecule has 0 radical (unpaired) electrons. The zero-order valence-electron chi connectivity index (χ0n) is 11.1. The third-order valence-corrected chi connectivity index (χ3v) is 3.01.